The maximum Gasteiger partial charge on any atom is 0.257 e. The number of halogens is 2. The molecule has 22 heavy (non-hydrogen) atoms. The molecule has 1 aromatic heterocycles. The second-order valence-corrected chi connectivity index (χ2v) is 5.49. The summed E-state index contributed by atoms with van der Waals surface area (Å²) >= 11 is 12.0. The SMILES string of the molecule is CCOc1ncccc1C(=O)N[C@H](C)c1ccc(Cl)cc1Cl. The molecule has 0 saturated carbocycles. The number of pyridine rings is 1. The highest BCUT2D eigenvalue weighted by molar-refractivity contribution is 6.35. The van der Waals surface area contributed by atoms with Crippen LogP contribution in [0.2, 0.25) is 10.0 Å². The van der Waals surface area contributed by atoms with Crippen molar-refractivity contribution in [1.82, 2.24) is 10.3 Å². The number of carbonyl (C=O) groups excluding carboxylic acids is 1. The van der Waals surface area contributed by atoms with Crippen molar-refractivity contribution < 1.29 is 9.53 Å². The maximum atomic E-state index is 12.4. The van der Waals surface area contributed by atoms with Gasteiger partial charge in [-0.2, -0.15) is 0 Å². The Hall–Kier alpha value is -1.78. The molecule has 0 radical (unpaired) electrons. The molecule has 1 N–H and O–H groups in total. The number of nitrogens with zero attached hydrogens (tertiary/aromatic N) is 1. The molecular weight excluding hydrogens is 323 g/mol. The van der Waals surface area contributed by atoms with Gasteiger partial charge in [0, 0.05) is 16.2 Å². The first-order valence-electron chi connectivity index (χ1n) is 6.86. The monoisotopic (exact) mass is 338 g/mol. The molecular formula is C16H16Cl2N2O2. The Morgan fingerprint density at radius 3 is 2.82 bits per heavy atom. The van der Waals surface area contributed by atoms with Crippen molar-refractivity contribution in [3.05, 3.63) is 57.7 Å². The first kappa shape index (κ1) is 16.6. The minimum absolute atomic E-state index is 0.268. The van der Waals surface area contributed by atoms with Crippen molar-refractivity contribution in [2.75, 3.05) is 6.61 Å². The van der Waals surface area contributed by atoms with Crippen LogP contribution in [-0.2, 0) is 0 Å². The van der Waals surface area contributed by atoms with Gasteiger partial charge in [0.2, 0.25) is 5.88 Å². The van der Waals surface area contributed by atoms with Crippen LogP contribution < -0.4 is 10.1 Å². The lowest BCUT2D eigenvalue weighted by Gasteiger charge is -2.17. The van der Waals surface area contributed by atoms with Gasteiger partial charge in [0.05, 0.1) is 12.6 Å². The Bertz CT molecular complexity index is 677. The van der Waals surface area contributed by atoms with Crippen molar-refractivity contribution in [1.29, 1.82) is 0 Å². The van der Waals surface area contributed by atoms with Gasteiger partial charge in [-0.15, -0.1) is 0 Å². The summed E-state index contributed by atoms with van der Waals surface area (Å²) in [5.41, 5.74) is 1.18. The zero-order valence-electron chi connectivity index (χ0n) is 12.3. The quantitative estimate of drug-likeness (QED) is 0.885. The number of hydrogen-bond acceptors (Lipinski definition) is 3. The van der Waals surface area contributed by atoms with Crippen LogP contribution in [0.1, 0.15) is 35.8 Å². The lowest BCUT2D eigenvalue weighted by Crippen LogP contribution is -2.27. The molecule has 0 saturated heterocycles. The zero-order chi connectivity index (χ0) is 16.1. The van der Waals surface area contributed by atoms with Crippen molar-refractivity contribution in [3.8, 4) is 5.88 Å². The molecule has 6 heteroatoms. The molecule has 2 rings (SSSR count). The first-order chi connectivity index (χ1) is 10.5. The van der Waals surface area contributed by atoms with Gasteiger partial charge in [-0.25, -0.2) is 4.98 Å². The van der Waals surface area contributed by atoms with E-state index in [1.807, 2.05) is 13.8 Å². The Balaban J connectivity index is 2.18. The number of ether oxygens (including phenoxy) is 1. The normalized spacial score (nSPS) is 11.8. The third kappa shape index (κ3) is 3.90. The standard InChI is InChI=1S/C16H16Cl2N2O2/c1-3-22-16-13(5-4-8-19-16)15(21)20-10(2)12-7-6-11(17)9-14(12)18/h4-10H,3H2,1-2H3,(H,20,21)/t10-/m1/s1. The Morgan fingerprint density at radius 1 is 1.36 bits per heavy atom. The number of benzene rings is 1. The van der Waals surface area contributed by atoms with Gasteiger partial charge < -0.3 is 10.1 Å². The molecule has 116 valence electrons. The average Bonchev–Trinajstić information content (AvgIpc) is 2.47. The summed E-state index contributed by atoms with van der Waals surface area (Å²) < 4.78 is 5.37. The van der Waals surface area contributed by atoms with Crippen LogP contribution in [0.3, 0.4) is 0 Å². The van der Waals surface area contributed by atoms with Gasteiger partial charge in [-0.05, 0) is 43.7 Å². The summed E-state index contributed by atoms with van der Waals surface area (Å²) in [7, 11) is 0. The summed E-state index contributed by atoms with van der Waals surface area (Å²) in [4.78, 5) is 16.5. The minimum Gasteiger partial charge on any atom is -0.477 e. The summed E-state index contributed by atoms with van der Waals surface area (Å²) in [6.07, 6.45) is 1.58. The fraction of sp³-hybridized carbons (Fsp3) is 0.250. The van der Waals surface area contributed by atoms with E-state index in [1.54, 1.807) is 36.5 Å². The highest BCUT2D eigenvalue weighted by Crippen LogP contribution is 2.26. The molecule has 0 aliphatic carbocycles. The lowest BCUT2D eigenvalue weighted by molar-refractivity contribution is 0.0935. The molecule has 4 nitrogen and oxygen atoms in total. The van der Waals surface area contributed by atoms with E-state index in [2.05, 4.69) is 10.3 Å². The van der Waals surface area contributed by atoms with Crippen molar-refractivity contribution in [2.45, 2.75) is 19.9 Å². The van der Waals surface area contributed by atoms with E-state index >= 15 is 0 Å². The molecule has 1 amide bonds. The van der Waals surface area contributed by atoms with E-state index in [-0.39, 0.29) is 11.9 Å². The average molecular weight is 339 g/mol. The van der Waals surface area contributed by atoms with Crippen LogP contribution in [0.15, 0.2) is 36.5 Å². The Morgan fingerprint density at radius 2 is 2.14 bits per heavy atom. The minimum atomic E-state index is -0.271. The third-order valence-corrected chi connectivity index (χ3v) is 3.64. The lowest BCUT2D eigenvalue weighted by atomic mass is 10.1. The van der Waals surface area contributed by atoms with Gasteiger partial charge in [0.25, 0.3) is 5.91 Å². The number of carbonyl (C=O) groups is 1. The Kier molecular flexibility index (Phi) is 5.63. The second-order valence-electron chi connectivity index (χ2n) is 4.65. The summed E-state index contributed by atoms with van der Waals surface area (Å²) in [6, 6.07) is 8.27. The molecule has 0 aliphatic rings. The van der Waals surface area contributed by atoms with E-state index in [9.17, 15) is 4.79 Å². The predicted molar refractivity (Wildman–Crippen MR) is 87.7 cm³/mol. The van der Waals surface area contributed by atoms with Crippen molar-refractivity contribution in [3.63, 3.8) is 0 Å². The smallest absolute Gasteiger partial charge is 0.257 e. The summed E-state index contributed by atoms with van der Waals surface area (Å²) in [6.45, 7) is 4.13. The van der Waals surface area contributed by atoms with Crippen molar-refractivity contribution in [2.24, 2.45) is 0 Å². The fourth-order valence-electron chi connectivity index (χ4n) is 2.02. The highest BCUT2D eigenvalue weighted by Gasteiger charge is 2.17. The van der Waals surface area contributed by atoms with Crippen LogP contribution in [0.5, 0.6) is 5.88 Å². The fourth-order valence-corrected chi connectivity index (χ4v) is 2.59. The predicted octanol–water partition coefficient (Wildman–Crippen LogP) is 4.28. The molecule has 0 bridgehead atoms. The van der Waals surface area contributed by atoms with E-state index < -0.39 is 0 Å². The topological polar surface area (TPSA) is 51.2 Å². The molecule has 1 heterocycles. The van der Waals surface area contributed by atoms with Gasteiger partial charge in [-0.1, -0.05) is 29.3 Å². The van der Waals surface area contributed by atoms with E-state index in [4.69, 9.17) is 27.9 Å². The molecule has 1 aromatic carbocycles. The van der Waals surface area contributed by atoms with Crippen LogP contribution in [0.25, 0.3) is 0 Å². The van der Waals surface area contributed by atoms with Gasteiger partial charge in [0.15, 0.2) is 0 Å². The van der Waals surface area contributed by atoms with Gasteiger partial charge in [-0.3, -0.25) is 4.79 Å². The number of aromatic nitrogens is 1. The number of nitrogens with one attached hydrogen (secondary N) is 1. The maximum absolute atomic E-state index is 12.4. The summed E-state index contributed by atoms with van der Waals surface area (Å²) in [5, 5.41) is 3.95. The highest BCUT2D eigenvalue weighted by atomic mass is 35.5. The number of hydrogen-bond donors (Lipinski definition) is 1. The Labute approximate surface area is 139 Å². The molecule has 0 fully saturated rings. The number of amides is 1. The van der Waals surface area contributed by atoms with Crippen LogP contribution in [-0.4, -0.2) is 17.5 Å². The van der Waals surface area contributed by atoms with Crippen LogP contribution >= 0.6 is 23.2 Å². The van der Waals surface area contributed by atoms with Crippen LogP contribution in [0.4, 0.5) is 0 Å². The molecule has 0 spiro atoms. The molecule has 0 aliphatic heterocycles. The van der Waals surface area contributed by atoms with Gasteiger partial charge in [0.1, 0.15) is 5.56 Å². The molecule has 0 unspecified atom stereocenters. The van der Waals surface area contributed by atoms with Crippen molar-refractivity contribution >= 4 is 29.1 Å². The third-order valence-electron chi connectivity index (χ3n) is 3.07. The molecule has 2 aromatic rings. The van der Waals surface area contributed by atoms with Gasteiger partial charge >= 0.3 is 0 Å². The summed E-state index contributed by atoms with van der Waals surface area (Å²) in [5.74, 6) is 0.0481. The largest absolute Gasteiger partial charge is 0.477 e. The van der Waals surface area contributed by atoms with Crippen LogP contribution in [0, 0.1) is 0 Å². The second kappa shape index (κ2) is 7.47. The number of rotatable bonds is 5. The van der Waals surface area contributed by atoms with E-state index in [0.717, 1.165) is 5.56 Å². The zero-order valence-corrected chi connectivity index (χ0v) is 13.8. The van der Waals surface area contributed by atoms with E-state index in [0.29, 0.717) is 28.1 Å². The molecule has 1 atom stereocenters. The first-order valence-corrected chi connectivity index (χ1v) is 7.62. The van der Waals surface area contributed by atoms with E-state index in [1.165, 1.54) is 0 Å².